The molecule has 3 nitrogen and oxygen atoms in total. The molecule has 4 rings (SSSR count). The molecule has 0 unspecified atom stereocenters. The molecule has 1 fully saturated rings. The molecule has 29 heavy (non-hydrogen) atoms. The fraction of sp³-hybridized carbons (Fsp3) is 0.0833. The van der Waals surface area contributed by atoms with Crippen LogP contribution in [0.4, 0.5) is 11.4 Å². The van der Waals surface area contributed by atoms with E-state index < -0.39 is 0 Å². The van der Waals surface area contributed by atoms with E-state index in [0.717, 1.165) is 28.1 Å². The van der Waals surface area contributed by atoms with Crippen molar-refractivity contribution in [1.82, 2.24) is 0 Å². The van der Waals surface area contributed by atoms with E-state index in [1.807, 2.05) is 92.7 Å². The lowest BCUT2D eigenvalue weighted by molar-refractivity contribution is -0.113. The molecule has 0 aromatic heterocycles. The molecule has 1 aliphatic heterocycles. The molecule has 0 bridgehead atoms. The lowest BCUT2D eigenvalue weighted by atomic mass is 10.1. The van der Waals surface area contributed by atoms with Crippen LogP contribution < -0.4 is 4.90 Å². The summed E-state index contributed by atoms with van der Waals surface area (Å²) in [4.78, 5) is 20.5. The smallest absolute Gasteiger partial charge is 0.268 e. The van der Waals surface area contributed by atoms with Gasteiger partial charge in [-0.3, -0.25) is 9.69 Å². The van der Waals surface area contributed by atoms with Crippen LogP contribution in [0.3, 0.4) is 0 Å². The molecule has 3 aromatic carbocycles. The van der Waals surface area contributed by atoms with Gasteiger partial charge >= 0.3 is 0 Å². The van der Waals surface area contributed by atoms with Crippen LogP contribution in [-0.2, 0) is 4.79 Å². The maximum absolute atomic E-state index is 13.4. The van der Waals surface area contributed by atoms with Crippen LogP contribution in [0, 0.1) is 13.8 Å². The summed E-state index contributed by atoms with van der Waals surface area (Å²) in [6.07, 6.45) is 1.87. The fourth-order valence-corrected chi connectivity index (χ4v) is 4.30. The number of amides is 1. The molecule has 0 aliphatic carbocycles. The Labute approximate surface area is 179 Å². The van der Waals surface area contributed by atoms with Gasteiger partial charge in [0.2, 0.25) is 0 Å². The van der Waals surface area contributed by atoms with Gasteiger partial charge in [-0.05, 0) is 72.6 Å². The molecule has 1 saturated heterocycles. The number of anilines is 1. The Morgan fingerprint density at radius 3 is 2.38 bits per heavy atom. The van der Waals surface area contributed by atoms with Gasteiger partial charge in [-0.15, -0.1) is 0 Å². The lowest BCUT2D eigenvalue weighted by Gasteiger charge is -2.18. The first kappa shape index (κ1) is 19.5. The number of para-hydroxylation sites is 2. The predicted octanol–water partition coefficient (Wildman–Crippen LogP) is 6.77. The molecule has 144 valence electrons. The van der Waals surface area contributed by atoms with Crippen molar-refractivity contribution in [1.29, 1.82) is 0 Å². The maximum atomic E-state index is 13.4. The van der Waals surface area contributed by atoms with Crippen molar-refractivity contribution in [3.63, 3.8) is 0 Å². The number of aliphatic imine (C=N–C) groups is 1. The summed E-state index contributed by atoms with van der Waals surface area (Å²) in [5.74, 6) is -0.0865. The van der Waals surface area contributed by atoms with Crippen LogP contribution in [0.1, 0.15) is 16.7 Å². The number of aryl methyl sites for hydroxylation is 2. The number of rotatable bonds is 3. The summed E-state index contributed by atoms with van der Waals surface area (Å²) in [7, 11) is 0. The predicted molar refractivity (Wildman–Crippen MR) is 124 cm³/mol. The quantitative estimate of drug-likeness (QED) is 0.440. The third-order valence-electron chi connectivity index (χ3n) is 4.64. The molecule has 5 heteroatoms. The van der Waals surface area contributed by atoms with E-state index in [-0.39, 0.29) is 5.91 Å². The van der Waals surface area contributed by atoms with Gasteiger partial charge in [0.25, 0.3) is 5.91 Å². The van der Waals surface area contributed by atoms with E-state index >= 15 is 0 Å². The first-order valence-corrected chi connectivity index (χ1v) is 10.4. The number of carbonyl (C=O) groups is 1. The second-order valence-corrected chi connectivity index (χ2v) is 8.22. The second kappa shape index (κ2) is 8.27. The number of hydrogen-bond acceptors (Lipinski definition) is 3. The topological polar surface area (TPSA) is 32.7 Å². The lowest BCUT2D eigenvalue weighted by Crippen LogP contribution is -2.29. The standard InChI is InChI=1S/C24H19ClN2OS/c1-16-8-3-5-12-20(16)26-24-27(21-13-6-4-9-17(21)2)23(28)22(29-24)15-18-10-7-11-19(25)14-18/h3-15H,1-2H3/b22-15-,26-24?. The van der Waals surface area contributed by atoms with Crippen molar-refractivity contribution in [2.75, 3.05) is 4.90 Å². The number of thioether (sulfide) groups is 1. The van der Waals surface area contributed by atoms with Gasteiger partial charge in [0.05, 0.1) is 16.3 Å². The minimum Gasteiger partial charge on any atom is -0.268 e. The van der Waals surface area contributed by atoms with Crippen LogP contribution in [0.25, 0.3) is 6.08 Å². The number of nitrogens with zero attached hydrogens (tertiary/aromatic N) is 2. The van der Waals surface area contributed by atoms with Crippen molar-refractivity contribution in [3.8, 4) is 0 Å². The van der Waals surface area contributed by atoms with E-state index in [1.165, 1.54) is 11.8 Å². The average molecular weight is 419 g/mol. The number of hydrogen-bond donors (Lipinski definition) is 0. The summed E-state index contributed by atoms with van der Waals surface area (Å²) in [5, 5.41) is 1.28. The van der Waals surface area contributed by atoms with Crippen LogP contribution in [-0.4, -0.2) is 11.1 Å². The zero-order valence-electron chi connectivity index (χ0n) is 16.1. The Hall–Kier alpha value is -2.82. The molecule has 0 atom stereocenters. The second-order valence-electron chi connectivity index (χ2n) is 6.77. The summed E-state index contributed by atoms with van der Waals surface area (Å²) >= 11 is 7.49. The Kier molecular flexibility index (Phi) is 5.56. The minimum absolute atomic E-state index is 0.0865. The highest BCUT2D eigenvalue weighted by Gasteiger charge is 2.35. The van der Waals surface area contributed by atoms with Crippen LogP contribution in [0.15, 0.2) is 82.7 Å². The Morgan fingerprint density at radius 2 is 1.66 bits per heavy atom. The van der Waals surface area contributed by atoms with Crippen molar-refractivity contribution < 1.29 is 4.79 Å². The summed E-state index contributed by atoms with van der Waals surface area (Å²) in [6.45, 7) is 4.01. The van der Waals surface area contributed by atoms with Crippen molar-refractivity contribution >= 4 is 51.9 Å². The van der Waals surface area contributed by atoms with Gasteiger partial charge in [-0.1, -0.05) is 60.1 Å². The molecule has 3 aromatic rings. The van der Waals surface area contributed by atoms with E-state index in [0.29, 0.717) is 15.1 Å². The van der Waals surface area contributed by atoms with Crippen LogP contribution in [0.5, 0.6) is 0 Å². The molecule has 1 heterocycles. The molecule has 0 N–H and O–H groups in total. The van der Waals surface area contributed by atoms with Crippen molar-refractivity contribution in [2.45, 2.75) is 13.8 Å². The fourth-order valence-electron chi connectivity index (χ4n) is 3.12. The minimum atomic E-state index is -0.0865. The van der Waals surface area contributed by atoms with Crippen LogP contribution in [0.2, 0.25) is 5.02 Å². The van der Waals surface area contributed by atoms with E-state index in [1.54, 1.807) is 4.90 Å². The largest absolute Gasteiger partial charge is 0.271 e. The Balaban J connectivity index is 1.82. The first-order valence-electron chi connectivity index (χ1n) is 9.22. The molecule has 1 amide bonds. The van der Waals surface area contributed by atoms with Gasteiger partial charge in [0, 0.05) is 5.02 Å². The molecule has 0 saturated carbocycles. The summed E-state index contributed by atoms with van der Waals surface area (Å²) in [6, 6.07) is 23.2. The molecule has 0 spiro atoms. The van der Waals surface area contributed by atoms with Crippen molar-refractivity contribution in [2.24, 2.45) is 4.99 Å². The Morgan fingerprint density at radius 1 is 0.931 bits per heavy atom. The van der Waals surface area contributed by atoms with Gasteiger partial charge in [0.1, 0.15) is 0 Å². The number of benzene rings is 3. The number of amidine groups is 1. The molecule has 0 radical (unpaired) electrons. The highest BCUT2D eigenvalue weighted by Crippen LogP contribution is 2.38. The monoisotopic (exact) mass is 418 g/mol. The van der Waals surface area contributed by atoms with Gasteiger partial charge in [-0.2, -0.15) is 0 Å². The third kappa shape index (κ3) is 4.14. The summed E-state index contributed by atoms with van der Waals surface area (Å²) in [5.41, 5.74) is 4.65. The molecule has 1 aliphatic rings. The van der Waals surface area contributed by atoms with E-state index in [2.05, 4.69) is 0 Å². The zero-order chi connectivity index (χ0) is 20.4. The van der Waals surface area contributed by atoms with Crippen LogP contribution >= 0.6 is 23.4 Å². The normalized spacial score (nSPS) is 16.8. The molecular weight excluding hydrogens is 400 g/mol. The van der Waals surface area contributed by atoms with Gasteiger partial charge in [-0.25, -0.2) is 4.99 Å². The maximum Gasteiger partial charge on any atom is 0.271 e. The van der Waals surface area contributed by atoms with Crippen molar-refractivity contribution in [3.05, 3.63) is 99.4 Å². The average Bonchev–Trinajstić information content (AvgIpc) is 2.99. The first-order chi connectivity index (χ1) is 14.0. The van der Waals surface area contributed by atoms with Gasteiger partial charge < -0.3 is 0 Å². The highest BCUT2D eigenvalue weighted by atomic mass is 35.5. The van der Waals surface area contributed by atoms with E-state index in [9.17, 15) is 4.79 Å². The SMILES string of the molecule is Cc1ccccc1N=C1S/C(=C\c2cccc(Cl)c2)C(=O)N1c1ccccc1C. The van der Waals surface area contributed by atoms with Gasteiger partial charge in [0.15, 0.2) is 5.17 Å². The third-order valence-corrected chi connectivity index (χ3v) is 5.84. The summed E-state index contributed by atoms with van der Waals surface area (Å²) < 4.78 is 0. The highest BCUT2D eigenvalue weighted by molar-refractivity contribution is 8.19. The number of halogens is 1. The Bertz CT molecular complexity index is 1150. The molecular formula is C24H19ClN2OS. The zero-order valence-corrected chi connectivity index (χ0v) is 17.7. The number of carbonyl (C=O) groups excluding carboxylic acids is 1. The van der Waals surface area contributed by atoms with E-state index in [4.69, 9.17) is 16.6 Å².